The van der Waals surface area contributed by atoms with Crippen molar-refractivity contribution in [3.05, 3.63) is 34.3 Å². The minimum absolute atomic E-state index is 0.0411. The molecule has 2 rings (SSSR count). The Hall–Kier alpha value is -0.420. The summed E-state index contributed by atoms with van der Waals surface area (Å²) in [5.74, 6) is 0. The zero-order chi connectivity index (χ0) is 14.8. The molecule has 0 radical (unpaired) electrons. The smallest absolute Gasteiger partial charge is 0.0568 e. The predicted octanol–water partition coefficient (Wildman–Crippen LogP) is 3.17. The quantitative estimate of drug-likeness (QED) is 0.914. The largest absolute Gasteiger partial charge is 0.375 e. The van der Waals surface area contributed by atoms with Gasteiger partial charge in [-0.3, -0.25) is 4.90 Å². The predicted molar refractivity (Wildman–Crippen MR) is 86.6 cm³/mol. The van der Waals surface area contributed by atoms with Crippen molar-refractivity contribution in [3.63, 3.8) is 0 Å². The van der Waals surface area contributed by atoms with E-state index in [4.69, 9.17) is 10.5 Å². The molecule has 0 amide bonds. The van der Waals surface area contributed by atoms with Crippen molar-refractivity contribution in [1.29, 1.82) is 0 Å². The first-order valence-electron chi connectivity index (χ1n) is 7.26. The number of halogens is 1. The molecule has 1 saturated heterocycles. The van der Waals surface area contributed by atoms with Gasteiger partial charge in [-0.2, -0.15) is 0 Å². The fourth-order valence-corrected chi connectivity index (χ4v) is 3.80. The van der Waals surface area contributed by atoms with Gasteiger partial charge in [0.2, 0.25) is 0 Å². The lowest BCUT2D eigenvalue weighted by molar-refractivity contribution is -0.0993. The van der Waals surface area contributed by atoms with Crippen LogP contribution in [0.3, 0.4) is 0 Å². The second kappa shape index (κ2) is 6.56. The normalized spacial score (nSPS) is 30.7. The first kappa shape index (κ1) is 16.0. The van der Waals surface area contributed by atoms with E-state index >= 15 is 0 Å². The van der Waals surface area contributed by atoms with Gasteiger partial charge in [0.15, 0.2) is 0 Å². The van der Waals surface area contributed by atoms with Crippen LogP contribution < -0.4 is 5.73 Å². The first-order valence-corrected chi connectivity index (χ1v) is 8.06. The molecule has 1 aliphatic rings. The Balaban J connectivity index is 2.14. The van der Waals surface area contributed by atoms with Crippen LogP contribution in [0, 0.1) is 0 Å². The summed E-state index contributed by atoms with van der Waals surface area (Å²) in [6.07, 6.45) is 2.54. The Kier molecular flexibility index (Phi) is 5.24. The van der Waals surface area contributed by atoms with Crippen molar-refractivity contribution in [1.82, 2.24) is 4.90 Å². The summed E-state index contributed by atoms with van der Waals surface area (Å²) in [5, 5.41) is 0. The fourth-order valence-electron chi connectivity index (χ4n) is 3.36. The average molecular weight is 341 g/mol. The molecule has 0 aromatic heterocycles. The van der Waals surface area contributed by atoms with Gasteiger partial charge in [0.1, 0.15) is 0 Å². The number of nitrogens with two attached hydrogens (primary N) is 1. The van der Waals surface area contributed by atoms with Gasteiger partial charge in [-0.25, -0.2) is 0 Å². The third-order valence-electron chi connectivity index (χ3n) is 4.30. The van der Waals surface area contributed by atoms with Crippen molar-refractivity contribution in [2.45, 2.75) is 51.0 Å². The molecule has 1 fully saturated rings. The second-order valence-corrected chi connectivity index (χ2v) is 7.00. The summed E-state index contributed by atoms with van der Waals surface area (Å²) in [7, 11) is 2.18. The van der Waals surface area contributed by atoms with Crippen molar-refractivity contribution in [2.75, 3.05) is 13.6 Å². The second-order valence-electron chi connectivity index (χ2n) is 6.08. The molecule has 1 heterocycles. The van der Waals surface area contributed by atoms with E-state index < -0.39 is 0 Å². The summed E-state index contributed by atoms with van der Waals surface area (Å²) >= 11 is 3.53. The number of ether oxygens (including phenoxy) is 1. The van der Waals surface area contributed by atoms with Crippen LogP contribution in [0.25, 0.3) is 0 Å². The molecule has 2 atom stereocenters. The van der Waals surface area contributed by atoms with Crippen LogP contribution in [-0.4, -0.2) is 36.2 Å². The van der Waals surface area contributed by atoms with E-state index in [-0.39, 0.29) is 17.7 Å². The van der Waals surface area contributed by atoms with Crippen molar-refractivity contribution in [2.24, 2.45) is 5.73 Å². The molecule has 0 bridgehead atoms. The molecule has 1 aromatic carbocycles. The van der Waals surface area contributed by atoms with Crippen LogP contribution in [0.5, 0.6) is 0 Å². The van der Waals surface area contributed by atoms with Gasteiger partial charge in [-0.1, -0.05) is 28.1 Å². The molecule has 2 N–H and O–H groups in total. The Morgan fingerprint density at radius 2 is 2.00 bits per heavy atom. The molecule has 20 heavy (non-hydrogen) atoms. The summed E-state index contributed by atoms with van der Waals surface area (Å²) in [6.45, 7) is 5.88. The maximum atomic E-state index is 6.14. The van der Waals surface area contributed by atoms with Gasteiger partial charge >= 0.3 is 0 Å². The van der Waals surface area contributed by atoms with Crippen LogP contribution in [0.15, 0.2) is 28.7 Å². The number of nitrogens with zero attached hydrogens (tertiary/aromatic N) is 1. The Morgan fingerprint density at radius 1 is 1.35 bits per heavy atom. The topological polar surface area (TPSA) is 38.5 Å². The zero-order valence-corrected chi connectivity index (χ0v) is 14.2. The van der Waals surface area contributed by atoms with E-state index in [0.29, 0.717) is 6.54 Å². The van der Waals surface area contributed by atoms with Crippen LogP contribution in [0.2, 0.25) is 0 Å². The summed E-state index contributed by atoms with van der Waals surface area (Å²) < 4.78 is 7.00. The van der Waals surface area contributed by atoms with Crippen LogP contribution in [-0.2, 0) is 11.3 Å². The molecule has 2 unspecified atom stereocenters. The van der Waals surface area contributed by atoms with Crippen LogP contribution in [0.4, 0.5) is 0 Å². The van der Waals surface area contributed by atoms with Crippen molar-refractivity contribution < 1.29 is 4.74 Å². The van der Waals surface area contributed by atoms with E-state index in [1.54, 1.807) is 0 Å². The average Bonchev–Trinajstić information content (AvgIpc) is 2.37. The minimum Gasteiger partial charge on any atom is -0.375 e. The van der Waals surface area contributed by atoms with Gasteiger partial charge in [-0.15, -0.1) is 0 Å². The molecule has 1 aromatic rings. The Labute approximate surface area is 130 Å². The van der Waals surface area contributed by atoms with E-state index in [9.17, 15) is 0 Å². The van der Waals surface area contributed by atoms with Crippen molar-refractivity contribution in [3.8, 4) is 0 Å². The molecule has 112 valence electrons. The van der Waals surface area contributed by atoms with Gasteiger partial charge in [0.05, 0.1) is 12.2 Å². The maximum absolute atomic E-state index is 6.14. The molecular formula is C16H25BrN2O. The highest BCUT2D eigenvalue weighted by molar-refractivity contribution is 9.10. The molecule has 0 aliphatic carbocycles. The number of hydrogen-bond acceptors (Lipinski definition) is 3. The van der Waals surface area contributed by atoms with E-state index in [1.165, 1.54) is 5.56 Å². The number of benzene rings is 1. The molecule has 0 saturated carbocycles. The standard InChI is InChI=1S/C16H25BrN2O/c1-12-8-16(11-18,9-13(2)20-12)19(3)10-14-5-4-6-15(17)7-14/h4-7,12-13H,8-11,18H2,1-3H3. The lowest BCUT2D eigenvalue weighted by Gasteiger charge is -2.48. The molecule has 4 heteroatoms. The van der Waals surface area contributed by atoms with E-state index in [2.05, 4.69) is 66.0 Å². The molecule has 0 spiro atoms. The summed E-state index contributed by atoms with van der Waals surface area (Å²) in [5.41, 5.74) is 7.49. The first-order chi connectivity index (χ1) is 9.45. The van der Waals surface area contributed by atoms with E-state index in [1.807, 2.05) is 0 Å². The Morgan fingerprint density at radius 3 is 2.55 bits per heavy atom. The third-order valence-corrected chi connectivity index (χ3v) is 4.79. The lowest BCUT2D eigenvalue weighted by atomic mass is 9.82. The fraction of sp³-hybridized carbons (Fsp3) is 0.625. The lowest BCUT2D eigenvalue weighted by Crippen LogP contribution is -2.58. The zero-order valence-electron chi connectivity index (χ0n) is 12.6. The minimum atomic E-state index is 0.0411. The van der Waals surface area contributed by atoms with Crippen LogP contribution >= 0.6 is 15.9 Å². The highest BCUT2D eigenvalue weighted by Crippen LogP contribution is 2.33. The molecule has 3 nitrogen and oxygen atoms in total. The van der Waals surface area contributed by atoms with Gasteiger partial charge in [0, 0.05) is 23.1 Å². The van der Waals surface area contributed by atoms with Crippen LogP contribution in [0.1, 0.15) is 32.3 Å². The van der Waals surface area contributed by atoms with Gasteiger partial charge in [-0.05, 0) is 51.4 Å². The summed E-state index contributed by atoms with van der Waals surface area (Å²) in [4.78, 5) is 2.41. The van der Waals surface area contributed by atoms with E-state index in [0.717, 1.165) is 23.9 Å². The SMILES string of the molecule is CC1CC(CN)(N(C)Cc2cccc(Br)c2)CC(C)O1. The number of rotatable bonds is 4. The highest BCUT2D eigenvalue weighted by atomic mass is 79.9. The molecular weight excluding hydrogens is 316 g/mol. The monoisotopic (exact) mass is 340 g/mol. The Bertz CT molecular complexity index is 442. The van der Waals surface area contributed by atoms with Gasteiger partial charge in [0.25, 0.3) is 0 Å². The number of likely N-dealkylation sites (N-methyl/N-ethyl adjacent to an activating group) is 1. The maximum Gasteiger partial charge on any atom is 0.0568 e. The molecule has 1 aliphatic heterocycles. The van der Waals surface area contributed by atoms with Gasteiger partial charge < -0.3 is 10.5 Å². The number of hydrogen-bond donors (Lipinski definition) is 1. The highest BCUT2D eigenvalue weighted by Gasteiger charge is 2.40. The summed E-state index contributed by atoms with van der Waals surface area (Å²) in [6, 6.07) is 8.48. The van der Waals surface area contributed by atoms with Crippen molar-refractivity contribution >= 4 is 15.9 Å². The third kappa shape index (κ3) is 3.61.